The molecule has 0 aliphatic heterocycles. The van der Waals surface area contributed by atoms with Gasteiger partial charge in [0.05, 0.1) is 23.1 Å². The van der Waals surface area contributed by atoms with Crippen molar-refractivity contribution in [2.75, 3.05) is 13.6 Å². The Bertz CT molecular complexity index is 456. The van der Waals surface area contributed by atoms with Crippen molar-refractivity contribution in [3.8, 4) is 0 Å². The third-order valence-electron chi connectivity index (χ3n) is 3.42. The zero-order chi connectivity index (χ0) is 13.3. The summed E-state index contributed by atoms with van der Waals surface area (Å²) in [6, 6.07) is 1.77. The highest BCUT2D eigenvalue weighted by molar-refractivity contribution is 5.95. The number of aliphatic hydroxyl groups excluding tert-OH is 1. The van der Waals surface area contributed by atoms with Crippen LogP contribution in [0, 0.1) is 19.8 Å². The third-order valence-corrected chi connectivity index (χ3v) is 3.42. The SMILES string of the molecule is Cc1cc(C(=O)N(C)CC2CC(O)C2)c(C)nn1. The molecule has 1 N–H and O–H groups in total. The molecular weight excluding hydrogens is 230 g/mol. The van der Waals surface area contributed by atoms with E-state index in [0.717, 1.165) is 18.5 Å². The molecule has 1 aliphatic rings. The fourth-order valence-electron chi connectivity index (χ4n) is 2.29. The molecule has 5 nitrogen and oxygen atoms in total. The maximum atomic E-state index is 12.3. The Balaban J connectivity index is 2.03. The van der Waals surface area contributed by atoms with Crippen molar-refractivity contribution in [1.82, 2.24) is 15.1 Å². The van der Waals surface area contributed by atoms with Crippen LogP contribution in [0.25, 0.3) is 0 Å². The van der Waals surface area contributed by atoms with Crippen molar-refractivity contribution in [3.63, 3.8) is 0 Å². The van der Waals surface area contributed by atoms with Gasteiger partial charge >= 0.3 is 0 Å². The maximum absolute atomic E-state index is 12.3. The van der Waals surface area contributed by atoms with E-state index in [9.17, 15) is 9.90 Å². The van der Waals surface area contributed by atoms with Gasteiger partial charge in [0.2, 0.25) is 0 Å². The Morgan fingerprint density at radius 1 is 1.44 bits per heavy atom. The van der Waals surface area contributed by atoms with Crippen LogP contribution in [0.1, 0.15) is 34.6 Å². The molecule has 5 heteroatoms. The van der Waals surface area contributed by atoms with Gasteiger partial charge in [-0.05, 0) is 38.7 Å². The predicted octanol–water partition coefficient (Wildman–Crippen LogP) is 0.936. The number of carbonyl (C=O) groups is 1. The summed E-state index contributed by atoms with van der Waals surface area (Å²) in [6.07, 6.45) is 1.42. The number of aryl methyl sites for hydroxylation is 2. The van der Waals surface area contributed by atoms with Gasteiger partial charge in [-0.1, -0.05) is 0 Å². The molecule has 1 amide bonds. The standard InChI is InChI=1S/C13H19N3O2/c1-8-4-12(9(2)15-14-8)13(18)16(3)7-10-5-11(17)6-10/h4,10-11,17H,5-7H2,1-3H3. The second-order valence-electron chi connectivity index (χ2n) is 5.16. The van der Waals surface area contributed by atoms with Crippen molar-refractivity contribution < 1.29 is 9.90 Å². The van der Waals surface area contributed by atoms with Crippen LogP contribution in [-0.2, 0) is 0 Å². The van der Waals surface area contributed by atoms with Gasteiger partial charge in [-0.15, -0.1) is 0 Å². The topological polar surface area (TPSA) is 66.3 Å². The summed E-state index contributed by atoms with van der Waals surface area (Å²) < 4.78 is 0. The van der Waals surface area contributed by atoms with Crippen LogP contribution >= 0.6 is 0 Å². The molecule has 1 fully saturated rings. The molecule has 0 spiro atoms. The smallest absolute Gasteiger partial charge is 0.255 e. The van der Waals surface area contributed by atoms with Crippen molar-refractivity contribution in [3.05, 3.63) is 23.0 Å². The van der Waals surface area contributed by atoms with E-state index < -0.39 is 0 Å². The number of amides is 1. The first kappa shape index (κ1) is 13.0. The molecule has 0 unspecified atom stereocenters. The van der Waals surface area contributed by atoms with E-state index >= 15 is 0 Å². The highest BCUT2D eigenvalue weighted by Crippen LogP contribution is 2.28. The lowest BCUT2D eigenvalue weighted by Gasteiger charge is -2.34. The lowest BCUT2D eigenvalue weighted by molar-refractivity contribution is 0.0265. The zero-order valence-electron chi connectivity index (χ0n) is 11.1. The highest BCUT2D eigenvalue weighted by Gasteiger charge is 2.29. The first-order valence-corrected chi connectivity index (χ1v) is 6.22. The monoisotopic (exact) mass is 249 g/mol. The summed E-state index contributed by atoms with van der Waals surface area (Å²) in [7, 11) is 1.79. The summed E-state index contributed by atoms with van der Waals surface area (Å²) in [4.78, 5) is 14.0. The van der Waals surface area contributed by atoms with E-state index in [2.05, 4.69) is 10.2 Å². The highest BCUT2D eigenvalue weighted by atomic mass is 16.3. The molecule has 18 heavy (non-hydrogen) atoms. The molecule has 1 aromatic heterocycles. The number of hydrogen-bond acceptors (Lipinski definition) is 4. The molecule has 0 saturated heterocycles. The summed E-state index contributed by atoms with van der Waals surface area (Å²) in [5.41, 5.74) is 2.02. The van der Waals surface area contributed by atoms with E-state index in [1.54, 1.807) is 24.9 Å². The number of carbonyl (C=O) groups excluding carboxylic acids is 1. The van der Waals surface area contributed by atoms with Crippen molar-refractivity contribution in [2.45, 2.75) is 32.8 Å². The molecule has 1 aliphatic carbocycles. The van der Waals surface area contributed by atoms with Gasteiger partial charge in [-0.2, -0.15) is 10.2 Å². The molecule has 0 radical (unpaired) electrons. The molecule has 0 bridgehead atoms. The molecule has 0 atom stereocenters. The summed E-state index contributed by atoms with van der Waals surface area (Å²) >= 11 is 0. The van der Waals surface area contributed by atoms with Crippen molar-refractivity contribution in [1.29, 1.82) is 0 Å². The van der Waals surface area contributed by atoms with Gasteiger partial charge < -0.3 is 10.0 Å². The van der Waals surface area contributed by atoms with Crippen LogP contribution in [0.2, 0.25) is 0 Å². The van der Waals surface area contributed by atoms with Crippen molar-refractivity contribution in [2.24, 2.45) is 5.92 Å². The first-order valence-electron chi connectivity index (χ1n) is 6.22. The Morgan fingerprint density at radius 3 is 2.72 bits per heavy atom. The molecule has 2 rings (SSSR count). The molecule has 1 saturated carbocycles. The lowest BCUT2D eigenvalue weighted by Crippen LogP contribution is -2.39. The minimum absolute atomic E-state index is 0.0214. The van der Waals surface area contributed by atoms with E-state index in [4.69, 9.17) is 0 Å². The Kier molecular flexibility index (Phi) is 3.61. The Hall–Kier alpha value is -1.49. The normalized spacial score (nSPS) is 22.4. The van der Waals surface area contributed by atoms with Crippen molar-refractivity contribution >= 4 is 5.91 Å². The summed E-state index contributed by atoms with van der Waals surface area (Å²) in [6.45, 7) is 4.31. The van der Waals surface area contributed by atoms with Crippen LogP contribution in [0.5, 0.6) is 0 Å². The van der Waals surface area contributed by atoms with Gasteiger partial charge in [0.1, 0.15) is 0 Å². The number of nitrogens with zero attached hydrogens (tertiary/aromatic N) is 3. The lowest BCUT2D eigenvalue weighted by atomic mass is 9.82. The van der Waals surface area contributed by atoms with Gasteiger partial charge in [0.25, 0.3) is 5.91 Å². The fraction of sp³-hybridized carbons (Fsp3) is 0.615. The number of aromatic nitrogens is 2. The average molecular weight is 249 g/mol. The maximum Gasteiger partial charge on any atom is 0.255 e. The minimum atomic E-state index is -0.176. The molecule has 1 aromatic rings. The summed E-state index contributed by atoms with van der Waals surface area (Å²) in [5.74, 6) is 0.400. The molecular formula is C13H19N3O2. The van der Waals surface area contributed by atoms with Crippen LogP contribution in [0.4, 0.5) is 0 Å². The Labute approximate surface area is 107 Å². The van der Waals surface area contributed by atoms with Gasteiger partial charge in [0.15, 0.2) is 0 Å². The van der Waals surface area contributed by atoms with Gasteiger partial charge in [0, 0.05) is 13.6 Å². The summed E-state index contributed by atoms with van der Waals surface area (Å²) in [5, 5.41) is 17.1. The van der Waals surface area contributed by atoms with Crippen LogP contribution in [0.3, 0.4) is 0 Å². The molecule has 98 valence electrons. The van der Waals surface area contributed by atoms with E-state index in [0.29, 0.717) is 23.7 Å². The Morgan fingerprint density at radius 2 is 2.11 bits per heavy atom. The largest absolute Gasteiger partial charge is 0.393 e. The second kappa shape index (κ2) is 5.02. The number of rotatable bonds is 3. The molecule has 0 aromatic carbocycles. The van der Waals surface area contributed by atoms with E-state index in [1.165, 1.54) is 0 Å². The van der Waals surface area contributed by atoms with Crippen LogP contribution in [-0.4, -0.2) is 45.8 Å². The quantitative estimate of drug-likeness (QED) is 0.865. The average Bonchev–Trinajstić information content (AvgIpc) is 2.29. The number of aliphatic hydroxyl groups is 1. The third kappa shape index (κ3) is 2.67. The minimum Gasteiger partial charge on any atom is -0.393 e. The van der Waals surface area contributed by atoms with Crippen LogP contribution < -0.4 is 0 Å². The molecule has 1 heterocycles. The van der Waals surface area contributed by atoms with Gasteiger partial charge in [-0.25, -0.2) is 0 Å². The van der Waals surface area contributed by atoms with E-state index in [-0.39, 0.29) is 12.0 Å². The van der Waals surface area contributed by atoms with Crippen LogP contribution in [0.15, 0.2) is 6.07 Å². The van der Waals surface area contributed by atoms with E-state index in [1.807, 2.05) is 6.92 Å². The fourth-order valence-corrected chi connectivity index (χ4v) is 2.29. The predicted molar refractivity (Wildman–Crippen MR) is 67.2 cm³/mol. The zero-order valence-corrected chi connectivity index (χ0v) is 11.1. The number of hydrogen-bond donors (Lipinski definition) is 1. The second-order valence-corrected chi connectivity index (χ2v) is 5.16. The van der Waals surface area contributed by atoms with Gasteiger partial charge in [-0.3, -0.25) is 4.79 Å². The first-order chi connectivity index (χ1) is 8.47.